The van der Waals surface area contributed by atoms with Crippen LogP contribution in [0, 0.1) is 0 Å². The molecule has 77 heavy (non-hydrogen) atoms. The molecule has 3 heterocycles. The van der Waals surface area contributed by atoms with E-state index in [9.17, 15) is 33.6 Å². The number of aliphatic imine (C=N–C) groups is 1. The summed E-state index contributed by atoms with van der Waals surface area (Å²) in [4.78, 5) is 123. The first kappa shape index (κ1) is 58.3. The lowest BCUT2D eigenvalue weighted by atomic mass is 9.84. The lowest BCUT2D eigenvalue weighted by molar-refractivity contribution is -0.139. The molecule has 1 spiro atoms. The molecule has 0 saturated carbocycles. The summed E-state index contributed by atoms with van der Waals surface area (Å²) in [6, 6.07) is 17.8. The van der Waals surface area contributed by atoms with Crippen LogP contribution in [0.3, 0.4) is 0 Å². The molecule has 6 rings (SSSR count). The van der Waals surface area contributed by atoms with Gasteiger partial charge in [-0.3, -0.25) is 43.3 Å². The summed E-state index contributed by atoms with van der Waals surface area (Å²) in [5.41, 5.74) is 19.7. The van der Waals surface area contributed by atoms with Crippen LogP contribution in [-0.4, -0.2) is 120 Å². The van der Waals surface area contributed by atoms with Gasteiger partial charge in [-0.1, -0.05) is 93.9 Å². The van der Waals surface area contributed by atoms with Crippen LogP contribution in [0.4, 0.5) is 5.69 Å². The number of aromatic amines is 1. The van der Waals surface area contributed by atoms with Crippen LogP contribution in [0.25, 0.3) is 10.9 Å². The van der Waals surface area contributed by atoms with Crippen molar-refractivity contribution >= 4 is 69.8 Å². The van der Waals surface area contributed by atoms with E-state index in [4.69, 9.17) is 17.2 Å². The van der Waals surface area contributed by atoms with Crippen LogP contribution in [0.1, 0.15) is 114 Å². The molecule has 21 heteroatoms. The van der Waals surface area contributed by atoms with Crippen LogP contribution in [0.15, 0.2) is 90.1 Å². The van der Waals surface area contributed by atoms with E-state index in [2.05, 4.69) is 72.0 Å². The summed E-state index contributed by atoms with van der Waals surface area (Å²) in [5.74, 6) is -5.49. The van der Waals surface area contributed by atoms with Gasteiger partial charge in [0, 0.05) is 68.2 Å². The van der Waals surface area contributed by atoms with Gasteiger partial charge in [-0.25, -0.2) is 0 Å². The van der Waals surface area contributed by atoms with Gasteiger partial charge in [-0.15, -0.1) is 0 Å². The maximum atomic E-state index is 15.3. The molecule has 2 aliphatic heterocycles. The molecule has 1 aromatic heterocycles. The standard InChI is InChI=1S/C56H77N13O8/c1-4-5-24-47(70)63-45-33-48(71)60-27-14-13-21-41(49(57)72)64-52(75)44(32-37-34-62-40-20-11-9-19-39(37)40)66-50(73)42(22-15-28-61-55(58)59)65-51(74)43(31-36-16-7-6-8-17-36)67-54(77)56(68-53(45)76)25-29-69(30-26-56)46-23-12-10-18-38(46)35(2)3/h6-12,16-20,23,34-35,41-45,62H,4-5,13-15,21-22,24-33H2,1-3H3,(H2,57,72)(H,60,71)(H,63,70)(H,64,75)(H,65,74)(H,66,73)(H,67,77)(H,68,76)(H4,58,59,61)/t41-,42-,43+,44-,45-/m0/s1. The van der Waals surface area contributed by atoms with E-state index in [1.807, 2.05) is 49.4 Å². The summed E-state index contributed by atoms with van der Waals surface area (Å²) in [6.07, 6.45) is 3.59. The predicted octanol–water partition coefficient (Wildman–Crippen LogP) is 2.08. The van der Waals surface area contributed by atoms with Crippen molar-refractivity contribution in [1.29, 1.82) is 0 Å². The molecule has 0 unspecified atom stereocenters. The fraction of sp³-hybridized carbons (Fsp3) is 0.482. The Morgan fingerprint density at radius 1 is 0.766 bits per heavy atom. The number of nitrogens with one attached hydrogen (secondary N) is 8. The molecule has 414 valence electrons. The van der Waals surface area contributed by atoms with Gasteiger partial charge in [0.25, 0.3) is 0 Å². The third-order valence-electron chi connectivity index (χ3n) is 14.2. The number of nitrogens with two attached hydrogens (primary N) is 3. The number of fused-ring (bicyclic) bond motifs is 1. The second kappa shape index (κ2) is 28.2. The quantitative estimate of drug-likeness (QED) is 0.0465. The van der Waals surface area contributed by atoms with Crippen molar-refractivity contribution in [2.45, 2.75) is 146 Å². The summed E-state index contributed by atoms with van der Waals surface area (Å²) < 4.78 is 0. The van der Waals surface area contributed by atoms with Crippen LogP contribution in [0.5, 0.6) is 0 Å². The minimum atomic E-state index is -1.66. The molecule has 3 aromatic carbocycles. The Labute approximate surface area is 449 Å². The number of unbranched alkanes of at least 4 members (excludes halogenated alkanes) is 1. The Morgan fingerprint density at radius 3 is 2.14 bits per heavy atom. The molecule has 0 aliphatic carbocycles. The topological polar surface area (TPSA) is 330 Å². The average Bonchev–Trinajstić information content (AvgIpc) is 3.83. The number of hydrogen-bond donors (Lipinski definition) is 11. The third-order valence-corrected chi connectivity index (χ3v) is 14.2. The number of primary amides is 1. The van der Waals surface area contributed by atoms with E-state index in [1.54, 1.807) is 36.5 Å². The van der Waals surface area contributed by atoms with E-state index >= 15 is 4.79 Å². The first-order valence-corrected chi connectivity index (χ1v) is 26.8. The van der Waals surface area contributed by atoms with E-state index in [0.717, 1.165) is 22.2 Å². The molecule has 5 atom stereocenters. The van der Waals surface area contributed by atoms with Gasteiger partial charge >= 0.3 is 0 Å². The Balaban J connectivity index is 1.41. The normalized spacial score (nSPS) is 21.5. The highest BCUT2D eigenvalue weighted by Crippen LogP contribution is 2.33. The van der Waals surface area contributed by atoms with E-state index in [-0.39, 0.29) is 76.3 Å². The van der Waals surface area contributed by atoms with Gasteiger partial charge in [0.1, 0.15) is 35.7 Å². The summed E-state index contributed by atoms with van der Waals surface area (Å²) in [5, 5.41) is 20.7. The molecule has 0 bridgehead atoms. The van der Waals surface area contributed by atoms with Crippen molar-refractivity contribution in [3.05, 3.63) is 102 Å². The third kappa shape index (κ3) is 16.8. The van der Waals surface area contributed by atoms with Gasteiger partial charge in [-0.05, 0) is 86.1 Å². The molecular formula is C56H77N13O8. The zero-order valence-electron chi connectivity index (χ0n) is 44.5. The van der Waals surface area contributed by atoms with Crippen molar-refractivity contribution in [1.82, 2.24) is 42.2 Å². The second-order valence-corrected chi connectivity index (χ2v) is 20.4. The number of para-hydroxylation sites is 2. The van der Waals surface area contributed by atoms with Gasteiger partial charge in [0.05, 0.1) is 6.42 Å². The molecule has 2 saturated heterocycles. The number of piperidine rings is 1. The van der Waals surface area contributed by atoms with E-state index in [0.29, 0.717) is 49.9 Å². The highest BCUT2D eigenvalue weighted by Gasteiger charge is 2.46. The smallest absolute Gasteiger partial charge is 0.246 e. The highest BCUT2D eigenvalue weighted by atomic mass is 16.2. The van der Waals surface area contributed by atoms with Crippen molar-refractivity contribution in [2.75, 3.05) is 31.1 Å². The minimum Gasteiger partial charge on any atom is -0.371 e. The van der Waals surface area contributed by atoms with Gasteiger partial charge in [-0.2, -0.15) is 0 Å². The average molecular weight is 1060 g/mol. The zero-order chi connectivity index (χ0) is 55.5. The number of hydrogen-bond acceptors (Lipinski definition) is 10. The Morgan fingerprint density at radius 2 is 1.43 bits per heavy atom. The van der Waals surface area contributed by atoms with E-state index < -0.39 is 89.4 Å². The number of nitrogens with zero attached hydrogens (tertiary/aromatic N) is 2. The SMILES string of the molecule is CCCCC(=O)N[C@H]1CC(=O)NCCCC[C@@H](C(N)=O)NC(=O)[C@H](Cc2c[nH]c3ccccc23)NC(=O)[C@H](CCCN=C(N)N)NC(=O)[C@@H](Cc2ccccc2)NC(=O)C2(CCN(c3ccccc3C(C)C)CC2)NC1=O. The molecule has 2 aliphatic rings. The van der Waals surface area contributed by atoms with Crippen LogP contribution in [0.2, 0.25) is 0 Å². The Hall–Kier alpha value is -7.97. The van der Waals surface area contributed by atoms with Crippen molar-refractivity contribution in [3.63, 3.8) is 0 Å². The van der Waals surface area contributed by atoms with E-state index in [1.165, 1.54) is 0 Å². The second-order valence-electron chi connectivity index (χ2n) is 20.4. The van der Waals surface area contributed by atoms with Crippen LogP contribution in [-0.2, 0) is 51.2 Å². The number of amides is 8. The number of rotatable bonds is 15. The number of H-pyrrole nitrogens is 1. The largest absolute Gasteiger partial charge is 0.371 e. The highest BCUT2D eigenvalue weighted by molar-refractivity contribution is 6.00. The van der Waals surface area contributed by atoms with Crippen LogP contribution >= 0.6 is 0 Å². The van der Waals surface area contributed by atoms with Crippen molar-refractivity contribution in [3.8, 4) is 0 Å². The minimum absolute atomic E-state index is 0.0164. The number of benzene rings is 3. The summed E-state index contributed by atoms with van der Waals surface area (Å²) >= 11 is 0. The van der Waals surface area contributed by atoms with Crippen LogP contribution < -0.4 is 59.3 Å². The number of carbonyl (C=O) groups is 8. The van der Waals surface area contributed by atoms with Crippen molar-refractivity contribution < 1.29 is 38.4 Å². The first-order chi connectivity index (χ1) is 37.0. The Kier molecular flexibility index (Phi) is 21.4. The fourth-order valence-electron chi connectivity index (χ4n) is 9.86. The Bertz CT molecular complexity index is 2720. The molecule has 14 N–H and O–H groups in total. The lowest BCUT2D eigenvalue weighted by Gasteiger charge is -2.43. The number of guanidine groups is 1. The molecule has 8 amide bonds. The number of aromatic nitrogens is 1. The van der Waals surface area contributed by atoms with Gasteiger partial charge < -0.3 is 64.3 Å². The monoisotopic (exact) mass is 1060 g/mol. The lowest BCUT2D eigenvalue weighted by Crippen LogP contribution is -2.68. The molecule has 2 fully saturated rings. The van der Waals surface area contributed by atoms with Gasteiger partial charge in [0.15, 0.2) is 5.96 Å². The molecular weight excluding hydrogens is 983 g/mol. The number of anilines is 1. The summed E-state index contributed by atoms with van der Waals surface area (Å²) in [7, 11) is 0. The fourth-order valence-corrected chi connectivity index (χ4v) is 9.86. The van der Waals surface area contributed by atoms with Crippen molar-refractivity contribution in [2.24, 2.45) is 22.2 Å². The number of carbonyl (C=O) groups excluding carboxylic acids is 8. The predicted molar refractivity (Wildman–Crippen MR) is 295 cm³/mol. The maximum Gasteiger partial charge on any atom is 0.246 e. The molecule has 21 nitrogen and oxygen atoms in total. The summed E-state index contributed by atoms with van der Waals surface area (Å²) in [6.45, 7) is 6.93. The zero-order valence-corrected chi connectivity index (χ0v) is 44.5. The molecule has 0 radical (unpaired) electrons. The first-order valence-electron chi connectivity index (χ1n) is 26.8. The maximum absolute atomic E-state index is 15.3. The molecule has 4 aromatic rings. The van der Waals surface area contributed by atoms with Gasteiger partial charge in [0.2, 0.25) is 47.3 Å².